The standard InChI is InChI=1S/C15H19Br2N3/c1-4-13-15(17)14(20(3)18-13)10-19(2)9-11-6-5-7-12(16)8-11/h5-8H,4,9-10H2,1-3H3. The fraction of sp³-hybridized carbons (Fsp3) is 0.400. The Morgan fingerprint density at radius 1 is 1.25 bits per heavy atom. The van der Waals surface area contributed by atoms with Gasteiger partial charge in [-0.2, -0.15) is 5.10 Å². The van der Waals surface area contributed by atoms with Gasteiger partial charge in [0, 0.05) is 24.6 Å². The number of nitrogens with zero attached hydrogens (tertiary/aromatic N) is 3. The highest BCUT2D eigenvalue weighted by Gasteiger charge is 2.14. The van der Waals surface area contributed by atoms with E-state index in [1.807, 2.05) is 11.7 Å². The van der Waals surface area contributed by atoms with Crippen LogP contribution < -0.4 is 0 Å². The van der Waals surface area contributed by atoms with Crippen molar-refractivity contribution in [3.8, 4) is 0 Å². The summed E-state index contributed by atoms with van der Waals surface area (Å²) in [5, 5.41) is 4.54. The van der Waals surface area contributed by atoms with Crippen molar-refractivity contribution in [1.82, 2.24) is 14.7 Å². The van der Waals surface area contributed by atoms with Gasteiger partial charge in [0.1, 0.15) is 0 Å². The third-order valence-electron chi connectivity index (χ3n) is 3.26. The maximum atomic E-state index is 4.54. The predicted octanol–water partition coefficient (Wildman–Crippen LogP) is 4.14. The van der Waals surface area contributed by atoms with Crippen LogP contribution in [0.25, 0.3) is 0 Å². The molecule has 20 heavy (non-hydrogen) atoms. The molecular formula is C15H19Br2N3. The molecule has 5 heteroatoms. The summed E-state index contributed by atoms with van der Waals surface area (Å²) in [6, 6.07) is 8.43. The molecule has 2 rings (SSSR count). The molecule has 0 N–H and O–H groups in total. The Morgan fingerprint density at radius 3 is 2.60 bits per heavy atom. The van der Waals surface area contributed by atoms with E-state index in [1.165, 1.54) is 11.3 Å². The van der Waals surface area contributed by atoms with Gasteiger partial charge in [0.15, 0.2) is 0 Å². The molecule has 0 spiro atoms. The van der Waals surface area contributed by atoms with Crippen LogP contribution >= 0.6 is 31.9 Å². The summed E-state index contributed by atoms with van der Waals surface area (Å²) in [5.41, 5.74) is 3.65. The van der Waals surface area contributed by atoms with E-state index in [1.54, 1.807) is 0 Å². The van der Waals surface area contributed by atoms with Crippen LogP contribution in [-0.2, 0) is 26.6 Å². The van der Waals surface area contributed by atoms with Gasteiger partial charge in [0.2, 0.25) is 0 Å². The average Bonchev–Trinajstić information content (AvgIpc) is 2.66. The lowest BCUT2D eigenvalue weighted by Crippen LogP contribution is -2.19. The van der Waals surface area contributed by atoms with Crippen molar-refractivity contribution in [3.05, 3.63) is 50.2 Å². The molecular weight excluding hydrogens is 382 g/mol. The summed E-state index contributed by atoms with van der Waals surface area (Å²) in [6.45, 7) is 3.91. The molecule has 0 aliphatic rings. The average molecular weight is 401 g/mol. The maximum Gasteiger partial charge on any atom is 0.0767 e. The van der Waals surface area contributed by atoms with Crippen LogP contribution in [0.1, 0.15) is 23.9 Å². The number of hydrogen-bond acceptors (Lipinski definition) is 2. The van der Waals surface area contributed by atoms with E-state index in [2.05, 4.69) is 80.1 Å². The summed E-state index contributed by atoms with van der Waals surface area (Å²) in [5.74, 6) is 0. The minimum atomic E-state index is 0.872. The van der Waals surface area contributed by atoms with E-state index in [0.717, 1.165) is 34.1 Å². The highest BCUT2D eigenvalue weighted by Crippen LogP contribution is 2.23. The van der Waals surface area contributed by atoms with Crippen molar-refractivity contribution in [2.45, 2.75) is 26.4 Å². The highest BCUT2D eigenvalue weighted by atomic mass is 79.9. The third kappa shape index (κ3) is 3.71. The van der Waals surface area contributed by atoms with Crippen molar-refractivity contribution in [1.29, 1.82) is 0 Å². The molecule has 1 heterocycles. The smallest absolute Gasteiger partial charge is 0.0767 e. The number of aromatic nitrogens is 2. The third-order valence-corrected chi connectivity index (χ3v) is 4.67. The SMILES string of the molecule is CCc1nn(C)c(CN(C)Cc2cccc(Br)c2)c1Br. The van der Waals surface area contributed by atoms with E-state index < -0.39 is 0 Å². The maximum absolute atomic E-state index is 4.54. The van der Waals surface area contributed by atoms with Gasteiger partial charge >= 0.3 is 0 Å². The van der Waals surface area contributed by atoms with Gasteiger partial charge in [-0.25, -0.2) is 0 Å². The Hall–Kier alpha value is -0.650. The van der Waals surface area contributed by atoms with Crippen LogP contribution in [0, 0.1) is 0 Å². The van der Waals surface area contributed by atoms with E-state index in [4.69, 9.17) is 0 Å². The van der Waals surface area contributed by atoms with Crippen LogP contribution in [-0.4, -0.2) is 21.7 Å². The predicted molar refractivity (Wildman–Crippen MR) is 89.6 cm³/mol. The summed E-state index contributed by atoms with van der Waals surface area (Å²) in [4.78, 5) is 2.29. The molecule has 0 aliphatic heterocycles. The fourth-order valence-corrected chi connectivity index (χ4v) is 3.44. The second-order valence-electron chi connectivity index (χ2n) is 4.99. The van der Waals surface area contributed by atoms with Gasteiger partial charge < -0.3 is 0 Å². The molecule has 0 saturated carbocycles. The molecule has 1 aromatic carbocycles. The molecule has 0 fully saturated rings. The first-order valence-corrected chi connectivity index (χ1v) is 8.23. The molecule has 1 aromatic heterocycles. The van der Waals surface area contributed by atoms with E-state index in [-0.39, 0.29) is 0 Å². The molecule has 2 aromatic rings. The number of aryl methyl sites for hydroxylation is 2. The van der Waals surface area contributed by atoms with E-state index >= 15 is 0 Å². The van der Waals surface area contributed by atoms with Crippen LogP contribution in [0.5, 0.6) is 0 Å². The molecule has 3 nitrogen and oxygen atoms in total. The van der Waals surface area contributed by atoms with E-state index in [0.29, 0.717) is 0 Å². The number of rotatable bonds is 5. The van der Waals surface area contributed by atoms with Crippen LogP contribution in [0.4, 0.5) is 0 Å². The summed E-state index contributed by atoms with van der Waals surface area (Å²) < 4.78 is 4.24. The van der Waals surface area contributed by atoms with Crippen molar-refractivity contribution >= 4 is 31.9 Å². The molecule has 0 saturated heterocycles. The summed E-state index contributed by atoms with van der Waals surface area (Å²) >= 11 is 7.18. The van der Waals surface area contributed by atoms with Gasteiger partial charge in [0.25, 0.3) is 0 Å². The van der Waals surface area contributed by atoms with Crippen molar-refractivity contribution in [3.63, 3.8) is 0 Å². The first-order valence-electron chi connectivity index (χ1n) is 6.64. The highest BCUT2D eigenvalue weighted by molar-refractivity contribution is 9.10. The lowest BCUT2D eigenvalue weighted by molar-refractivity contribution is 0.309. The molecule has 0 atom stereocenters. The molecule has 108 valence electrons. The van der Waals surface area contributed by atoms with Gasteiger partial charge in [-0.1, -0.05) is 35.0 Å². The summed E-state index contributed by atoms with van der Waals surface area (Å²) in [7, 11) is 4.14. The zero-order valence-corrected chi connectivity index (χ0v) is 15.2. The molecule has 0 bridgehead atoms. The first kappa shape index (κ1) is 15.7. The molecule has 0 unspecified atom stereocenters. The Balaban J connectivity index is 2.08. The minimum Gasteiger partial charge on any atom is -0.296 e. The minimum absolute atomic E-state index is 0.872. The number of benzene rings is 1. The van der Waals surface area contributed by atoms with Gasteiger partial charge in [0.05, 0.1) is 15.9 Å². The second-order valence-corrected chi connectivity index (χ2v) is 6.70. The van der Waals surface area contributed by atoms with Crippen molar-refractivity contribution < 1.29 is 0 Å². The van der Waals surface area contributed by atoms with Crippen LogP contribution in [0.2, 0.25) is 0 Å². The zero-order chi connectivity index (χ0) is 14.7. The van der Waals surface area contributed by atoms with Crippen LogP contribution in [0.15, 0.2) is 33.2 Å². The quantitative estimate of drug-likeness (QED) is 0.751. The topological polar surface area (TPSA) is 21.1 Å². The lowest BCUT2D eigenvalue weighted by Gasteiger charge is -2.17. The second kappa shape index (κ2) is 6.87. The fourth-order valence-electron chi connectivity index (χ4n) is 2.25. The number of halogens is 2. The Kier molecular flexibility index (Phi) is 5.41. The van der Waals surface area contributed by atoms with Gasteiger partial charge in [-0.15, -0.1) is 0 Å². The molecule has 0 amide bonds. The molecule has 0 radical (unpaired) electrons. The zero-order valence-electron chi connectivity index (χ0n) is 12.0. The monoisotopic (exact) mass is 399 g/mol. The largest absolute Gasteiger partial charge is 0.296 e. The van der Waals surface area contributed by atoms with Crippen molar-refractivity contribution in [2.75, 3.05) is 7.05 Å². The van der Waals surface area contributed by atoms with E-state index in [9.17, 15) is 0 Å². The summed E-state index contributed by atoms with van der Waals surface area (Å²) in [6.07, 6.45) is 0.948. The Labute approximate surface area is 137 Å². The normalized spacial score (nSPS) is 11.3. The lowest BCUT2D eigenvalue weighted by atomic mass is 10.2. The Morgan fingerprint density at radius 2 is 2.00 bits per heavy atom. The number of hydrogen-bond donors (Lipinski definition) is 0. The first-order chi connectivity index (χ1) is 9.51. The van der Waals surface area contributed by atoms with Gasteiger partial charge in [-0.05, 0) is 47.1 Å². The van der Waals surface area contributed by atoms with Crippen molar-refractivity contribution in [2.24, 2.45) is 7.05 Å². The van der Waals surface area contributed by atoms with Gasteiger partial charge in [-0.3, -0.25) is 9.58 Å². The Bertz CT molecular complexity index is 593. The van der Waals surface area contributed by atoms with Crippen LogP contribution in [0.3, 0.4) is 0 Å². The molecule has 0 aliphatic carbocycles.